The van der Waals surface area contributed by atoms with Gasteiger partial charge in [-0.3, -0.25) is 4.79 Å². The second kappa shape index (κ2) is 7.20. The number of carbonyl (C=O) groups excluding carboxylic acids is 1. The maximum atomic E-state index is 12.8. The number of carbonyl (C=O) groups is 1. The molecular weight excluding hydrogens is 400 g/mol. The first-order valence-electron chi connectivity index (χ1n) is 8.86. The molecule has 0 radical (unpaired) electrons. The Morgan fingerprint density at radius 2 is 1.75 bits per heavy atom. The number of fused-ring (bicyclic) bond motifs is 1. The molecular formula is C19H19ClN4O3S. The second-order valence-electron chi connectivity index (χ2n) is 6.65. The van der Waals surface area contributed by atoms with Crippen LogP contribution in [0, 0.1) is 6.92 Å². The van der Waals surface area contributed by atoms with Crippen molar-refractivity contribution < 1.29 is 13.2 Å². The van der Waals surface area contributed by atoms with Gasteiger partial charge >= 0.3 is 0 Å². The molecule has 4 rings (SSSR count). The van der Waals surface area contributed by atoms with Crippen LogP contribution >= 0.6 is 11.6 Å². The average Bonchev–Trinajstić information content (AvgIpc) is 3.13. The standard InChI is InChI=1S/C19H19ClN4O3S/c1-14-5-4-8-18-21-16(13-24(14)18)19(25)22-9-11-23(12-10-22)28(26,27)17-7-3-2-6-15(17)20/h2-8,13H,9-12H2,1H3. The van der Waals surface area contributed by atoms with Crippen molar-refractivity contribution in [2.24, 2.45) is 0 Å². The minimum Gasteiger partial charge on any atom is -0.335 e. The molecule has 2 aromatic heterocycles. The highest BCUT2D eigenvalue weighted by Crippen LogP contribution is 2.25. The first-order chi connectivity index (χ1) is 13.4. The van der Waals surface area contributed by atoms with E-state index in [0.717, 1.165) is 5.69 Å². The van der Waals surface area contributed by atoms with Crippen molar-refractivity contribution in [1.29, 1.82) is 0 Å². The number of halogens is 1. The summed E-state index contributed by atoms with van der Waals surface area (Å²) in [5.41, 5.74) is 2.06. The number of hydrogen-bond acceptors (Lipinski definition) is 4. The lowest BCUT2D eigenvalue weighted by atomic mass is 10.3. The van der Waals surface area contributed by atoms with Gasteiger partial charge in [-0.05, 0) is 31.2 Å². The van der Waals surface area contributed by atoms with Crippen molar-refractivity contribution >= 4 is 33.2 Å². The molecule has 0 saturated carbocycles. The maximum Gasteiger partial charge on any atom is 0.274 e. The fourth-order valence-electron chi connectivity index (χ4n) is 3.34. The number of sulfonamides is 1. The van der Waals surface area contributed by atoms with Gasteiger partial charge in [0.25, 0.3) is 5.91 Å². The number of hydrogen-bond donors (Lipinski definition) is 0. The van der Waals surface area contributed by atoms with Crippen molar-refractivity contribution in [1.82, 2.24) is 18.6 Å². The summed E-state index contributed by atoms with van der Waals surface area (Å²) in [6, 6.07) is 12.1. The van der Waals surface area contributed by atoms with Gasteiger partial charge in [0.1, 0.15) is 16.2 Å². The topological polar surface area (TPSA) is 75.0 Å². The van der Waals surface area contributed by atoms with Crippen molar-refractivity contribution in [2.75, 3.05) is 26.2 Å². The molecule has 0 spiro atoms. The van der Waals surface area contributed by atoms with E-state index in [-0.39, 0.29) is 28.9 Å². The molecule has 3 aromatic rings. The van der Waals surface area contributed by atoms with Crippen LogP contribution in [0.15, 0.2) is 53.6 Å². The normalized spacial score (nSPS) is 15.9. The summed E-state index contributed by atoms with van der Waals surface area (Å²) in [6.07, 6.45) is 1.72. The minimum atomic E-state index is -3.69. The summed E-state index contributed by atoms with van der Waals surface area (Å²) >= 11 is 6.06. The predicted octanol–water partition coefficient (Wildman–Crippen LogP) is 2.44. The summed E-state index contributed by atoms with van der Waals surface area (Å²) in [5, 5.41) is 0.195. The van der Waals surface area contributed by atoms with Crippen LogP contribution in [0.5, 0.6) is 0 Å². The van der Waals surface area contributed by atoms with Gasteiger partial charge in [0, 0.05) is 38.1 Å². The Balaban J connectivity index is 1.50. The molecule has 0 aliphatic carbocycles. The number of pyridine rings is 1. The van der Waals surface area contributed by atoms with E-state index in [4.69, 9.17) is 11.6 Å². The molecule has 1 aliphatic heterocycles. The van der Waals surface area contributed by atoms with Crippen LogP contribution in [0.1, 0.15) is 16.2 Å². The lowest BCUT2D eigenvalue weighted by molar-refractivity contribution is 0.0692. The van der Waals surface area contributed by atoms with Crippen LogP contribution in [0.3, 0.4) is 0 Å². The fourth-order valence-corrected chi connectivity index (χ4v) is 5.25. The van der Waals surface area contributed by atoms with Crippen molar-refractivity contribution in [3.8, 4) is 0 Å². The Labute approximate surface area is 168 Å². The Morgan fingerprint density at radius 1 is 1.04 bits per heavy atom. The van der Waals surface area contributed by atoms with Crippen molar-refractivity contribution in [2.45, 2.75) is 11.8 Å². The molecule has 1 aromatic carbocycles. The smallest absolute Gasteiger partial charge is 0.274 e. The van der Waals surface area contributed by atoms with E-state index in [1.807, 2.05) is 29.5 Å². The number of aromatic nitrogens is 2. The molecule has 146 valence electrons. The van der Waals surface area contributed by atoms with Gasteiger partial charge in [-0.25, -0.2) is 13.4 Å². The number of rotatable bonds is 3. The third kappa shape index (κ3) is 3.28. The lowest BCUT2D eigenvalue weighted by Crippen LogP contribution is -2.50. The van der Waals surface area contributed by atoms with Gasteiger partial charge in [-0.15, -0.1) is 0 Å². The van der Waals surface area contributed by atoms with E-state index in [1.165, 1.54) is 10.4 Å². The molecule has 7 nitrogen and oxygen atoms in total. The van der Waals surface area contributed by atoms with E-state index < -0.39 is 10.0 Å². The third-order valence-electron chi connectivity index (χ3n) is 4.90. The molecule has 9 heteroatoms. The Kier molecular flexibility index (Phi) is 4.86. The van der Waals surface area contributed by atoms with Crippen molar-refractivity contribution in [3.63, 3.8) is 0 Å². The predicted molar refractivity (Wildman–Crippen MR) is 106 cm³/mol. The van der Waals surface area contributed by atoms with Gasteiger partial charge in [-0.1, -0.05) is 29.8 Å². The van der Waals surface area contributed by atoms with Gasteiger partial charge in [0.15, 0.2) is 0 Å². The van der Waals surface area contributed by atoms with Crippen LogP contribution in [0.4, 0.5) is 0 Å². The summed E-state index contributed by atoms with van der Waals surface area (Å²) in [6.45, 7) is 2.98. The van der Waals surface area contributed by atoms with Crippen LogP contribution in [-0.2, 0) is 10.0 Å². The zero-order valence-corrected chi connectivity index (χ0v) is 16.8. The molecule has 0 unspecified atom stereocenters. The molecule has 1 aliphatic rings. The first-order valence-corrected chi connectivity index (χ1v) is 10.7. The Bertz CT molecular complexity index is 1150. The summed E-state index contributed by atoms with van der Waals surface area (Å²) in [4.78, 5) is 18.9. The van der Waals surface area contributed by atoms with Gasteiger partial charge in [0.05, 0.1) is 5.02 Å². The molecule has 1 amide bonds. The minimum absolute atomic E-state index is 0.0901. The van der Waals surface area contributed by atoms with Crippen molar-refractivity contribution in [3.05, 3.63) is 65.1 Å². The molecule has 0 bridgehead atoms. The first kappa shape index (κ1) is 18.9. The molecule has 1 fully saturated rings. The highest BCUT2D eigenvalue weighted by atomic mass is 35.5. The number of aryl methyl sites for hydroxylation is 1. The molecule has 28 heavy (non-hydrogen) atoms. The monoisotopic (exact) mass is 418 g/mol. The van der Waals surface area contributed by atoms with Gasteiger partial charge < -0.3 is 9.30 Å². The van der Waals surface area contributed by atoms with Crippen LogP contribution < -0.4 is 0 Å². The maximum absolute atomic E-state index is 12.8. The van der Waals surface area contributed by atoms with E-state index in [9.17, 15) is 13.2 Å². The quantitative estimate of drug-likeness (QED) is 0.654. The number of benzene rings is 1. The Hall–Kier alpha value is -2.42. The van der Waals surface area contributed by atoms with Gasteiger partial charge in [-0.2, -0.15) is 4.31 Å². The van der Waals surface area contributed by atoms with Gasteiger partial charge in [0.2, 0.25) is 10.0 Å². The highest BCUT2D eigenvalue weighted by Gasteiger charge is 2.32. The zero-order chi connectivity index (χ0) is 19.9. The van der Waals surface area contributed by atoms with Crippen LogP contribution in [-0.4, -0.2) is 59.1 Å². The molecule has 1 saturated heterocycles. The number of amides is 1. The van der Waals surface area contributed by atoms with Crippen LogP contribution in [0.25, 0.3) is 5.65 Å². The second-order valence-corrected chi connectivity index (χ2v) is 8.96. The average molecular weight is 419 g/mol. The molecule has 3 heterocycles. The highest BCUT2D eigenvalue weighted by molar-refractivity contribution is 7.89. The Morgan fingerprint density at radius 3 is 2.43 bits per heavy atom. The van der Waals surface area contributed by atoms with E-state index >= 15 is 0 Å². The number of imidazole rings is 1. The third-order valence-corrected chi connectivity index (χ3v) is 7.29. The molecule has 0 atom stereocenters. The van der Waals surface area contributed by atoms with E-state index in [1.54, 1.807) is 29.3 Å². The summed E-state index contributed by atoms with van der Waals surface area (Å²) < 4.78 is 28.9. The largest absolute Gasteiger partial charge is 0.335 e. The van der Waals surface area contributed by atoms with E-state index in [2.05, 4.69) is 4.98 Å². The number of nitrogens with zero attached hydrogens (tertiary/aromatic N) is 4. The fraction of sp³-hybridized carbons (Fsp3) is 0.263. The zero-order valence-electron chi connectivity index (χ0n) is 15.2. The number of piperazine rings is 1. The summed E-state index contributed by atoms with van der Waals surface area (Å²) in [5.74, 6) is -0.196. The molecule has 0 N–H and O–H groups in total. The lowest BCUT2D eigenvalue weighted by Gasteiger charge is -2.33. The van der Waals surface area contributed by atoms with E-state index in [0.29, 0.717) is 24.4 Å². The summed E-state index contributed by atoms with van der Waals surface area (Å²) in [7, 11) is -3.69. The van der Waals surface area contributed by atoms with Crippen LogP contribution in [0.2, 0.25) is 5.02 Å². The SMILES string of the molecule is Cc1cccc2nc(C(=O)N3CCN(S(=O)(=O)c4ccccc4Cl)CC3)cn12.